The summed E-state index contributed by atoms with van der Waals surface area (Å²) in [5, 5.41) is 24.7. The number of aliphatic hydroxyl groups is 2. The SMILES string of the molecule is CNC1(CC(N)(O)O)C2CNCC21. The standard InChI is InChI=1S/C8H17N3O2/c1-10-7(4-8(9,12)13)5-2-11-3-6(5)7/h5-6,10-13H,2-4,9H2,1H3. The van der Waals surface area contributed by atoms with E-state index in [2.05, 4.69) is 10.6 Å². The Morgan fingerprint density at radius 3 is 2.46 bits per heavy atom. The van der Waals surface area contributed by atoms with Crippen molar-refractivity contribution in [2.24, 2.45) is 17.6 Å². The van der Waals surface area contributed by atoms with E-state index in [9.17, 15) is 0 Å². The van der Waals surface area contributed by atoms with E-state index in [1.54, 1.807) is 0 Å². The van der Waals surface area contributed by atoms with Crippen molar-refractivity contribution in [3.63, 3.8) is 0 Å². The van der Waals surface area contributed by atoms with Gasteiger partial charge in [0.25, 0.3) is 0 Å². The van der Waals surface area contributed by atoms with Gasteiger partial charge in [-0.2, -0.15) is 0 Å². The highest BCUT2D eigenvalue weighted by atomic mass is 16.5. The molecule has 76 valence electrons. The Labute approximate surface area is 77.3 Å². The maximum absolute atomic E-state index is 9.15. The number of nitrogens with one attached hydrogen (secondary N) is 2. The van der Waals surface area contributed by atoms with E-state index in [0.717, 1.165) is 13.1 Å². The summed E-state index contributed by atoms with van der Waals surface area (Å²) in [5.74, 6) is -1.05. The van der Waals surface area contributed by atoms with Crippen molar-refractivity contribution in [3.05, 3.63) is 0 Å². The Kier molecular flexibility index (Phi) is 1.91. The van der Waals surface area contributed by atoms with Crippen LogP contribution >= 0.6 is 0 Å². The van der Waals surface area contributed by atoms with Crippen LogP contribution in [0.3, 0.4) is 0 Å². The lowest BCUT2D eigenvalue weighted by Crippen LogP contribution is -2.50. The summed E-state index contributed by atoms with van der Waals surface area (Å²) in [7, 11) is 1.85. The Hall–Kier alpha value is -0.200. The molecule has 1 heterocycles. The van der Waals surface area contributed by atoms with Gasteiger partial charge in [0.2, 0.25) is 5.91 Å². The Balaban J connectivity index is 2.04. The van der Waals surface area contributed by atoms with Crippen molar-refractivity contribution in [3.8, 4) is 0 Å². The van der Waals surface area contributed by atoms with Crippen molar-refractivity contribution in [1.29, 1.82) is 0 Å². The van der Waals surface area contributed by atoms with Gasteiger partial charge in [-0.3, -0.25) is 5.73 Å². The Bertz CT molecular complexity index is 204. The number of rotatable bonds is 3. The summed E-state index contributed by atoms with van der Waals surface area (Å²) in [6, 6.07) is 0. The largest absolute Gasteiger partial charge is 0.354 e. The normalized spacial score (nSPS) is 43.4. The molecule has 0 amide bonds. The molecular formula is C8H17N3O2. The second-order valence-corrected chi connectivity index (χ2v) is 4.22. The first-order valence-electron chi connectivity index (χ1n) is 4.63. The molecular weight excluding hydrogens is 170 g/mol. The first-order chi connectivity index (χ1) is 5.99. The van der Waals surface area contributed by atoms with Crippen molar-refractivity contribution in [1.82, 2.24) is 10.6 Å². The van der Waals surface area contributed by atoms with Gasteiger partial charge in [0.1, 0.15) is 0 Å². The molecule has 1 saturated carbocycles. The summed E-state index contributed by atoms with van der Waals surface area (Å²) in [6.07, 6.45) is 0.202. The third kappa shape index (κ3) is 1.37. The minimum absolute atomic E-state index is 0.149. The summed E-state index contributed by atoms with van der Waals surface area (Å²) >= 11 is 0. The van der Waals surface area contributed by atoms with Crippen molar-refractivity contribution in [2.75, 3.05) is 20.1 Å². The molecule has 2 aliphatic rings. The van der Waals surface area contributed by atoms with Crippen LogP contribution in [0.15, 0.2) is 0 Å². The molecule has 5 nitrogen and oxygen atoms in total. The lowest BCUT2D eigenvalue weighted by molar-refractivity contribution is -0.168. The number of hydrogen-bond acceptors (Lipinski definition) is 5. The van der Waals surface area contributed by atoms with Crippen molar-refractivity contribution in [2.45, 2.75) is 17.9 Å². The van der Waals surface area contributed by atoms with Crippen LogP contribution in [0.5, 0.6) is 0 Å². The zero-order valence-corrected chi connectivity index (χ0v) is 7.75. The van der Waals surface area contributed by atoms with E-state index >= 15 is 0 Å². The second-order valence-electron chi connectivity index (χ2n) is 4.22. The molecule has 2 atom stereocenters. The molecule has 0 spiro atoms. The van der Waals surface area contributed by atoms with E-state index in [-0.39, 0.29) is 12.0 Å². The molecule has 0 aromatic rings. The van der Waals surface area contributed by atoms with E-state index in [1.807, 2.05) is 7.05 Å². The highest BCUT2D eigenvalue weighted by Gasteiger charge is 2.67. The van der Waals surface area contributed by atoms with E-state index in [1.165, 1.54) is 0 Å². The van der Waals surface area contributed by atoms with Gasteiger partial charge in [-0.25, -0.2) is 0 Å². The van der Waals surface area contributed by atoms with Crippen molar-refractivity contribution >= 4 is 0 Å². The fraction of sp³-hybridized carbons (Fsp3) is 1.00. The number of nitrogens with two attached hydrogens (primary N) is 1. The highest BCUT2D eigenvalue weighted by molar-refractivity contribution is 5.22. The van der Waals surface area contributed by atoms with Crippen LogP contribution in [0.1, 0.15) is 6.42 Å². The highest BCUT2D eigenvalue weighted by Crippen LogP contribution is 2.55. The first-order valence-corrected chi connectivity index (χ1v) is 4.63. The molecule has 0 aromatic carbocycles. The van der Waals surface area contributed by atoms with Gasteiger partial charge in [0, 0.05) is 25.0 Å². The lowest BCUT2D eigenvalue weighted by Gasteiger charge is -2.26. The zero-order chi connectivity index (χ0) is 9.69. The van der Waals surface area contributed by atoms with Crippen LogP contribution in [-0.4, -0.2) is 41.8 Å². The molecule has 0 radical (unpaired) electrons. The third-order valence-corrected chi connectivity index (χ3v) is 3.45. The zero-order valence-electron chi connectivity index (χ0n) is 7.75. The fourth-order valence-corrected chi connectivity index (χ4v) is 2.80. The number of fused-ring (bicyclic) bond motifs is 1. The van der Waals surface area contributed by atoms with Gasteiger partial charge in [0.05, 0.1) is 0 Å². The smallest absolute Gasteiger partial charge is 0.221 e. The average Bonchev–Trinajstić information content (AvgIpc) is 2.49. The molecule has 2 rings (SSSR count). The van der Waals surface area contributed by atoms with Gasteiger partial charge in [-0.05, 0) is 18.9 Å². The maximum Gasteiger partial charge on any atom is 0.221 e. The predicted octanol–water partition coefficient (Wildman–Crippen LogP) is -2.22. The quantitative estimate of drug-likeness (QED) is 0.323. The van der Waals surface area contributed by atoms with Gasteiger partial charge >= 0.3 is 0 Å². The van der Waals surface area contributed by atoms with Crippen LogP contribution in [0, 0.1) is 11.8 Å². The maximum atomic E-state index is 9.15. The van der Waals surface area contributed by atoms with Crippen LogP contribution in [-0.2, 0) is 0 Å². The summed E-state index contributed by atoms with van der Waals surface area (Å²) < 4.78 is 0. The van der Waals surface area contributed by atoms with Crippen LogP contribution < -0.4 is 16.4 Å². The van der Waals surface area contributed by atoms with Crippen LogP contribution in [0.25, 0.3) is 0 Å². The van der Waals surface area contributed by atoms with E-state index < -0.39 is 5.91 Å². The summed E-state index contributed by atoms with van der Waals surface area (Å²) in [4.78, 5) is 0. The fourth-order valence-electron chi connectivity index (χ4n) is 2.80. The monoisotopic (exact) mass is 187 g/mol. The van der Waals surface area contributed by atoms with E-state index in [0.29, 0.717) is 11.8 Å². The molecule has 2 unspecified atom stereocenters. The topological polar surface area (TPSA) is 90.5 Å². The molecule has 6 N–H and O–H groups in total. The minimum Gasteiger partial charge on any atom is -0.354 e. The summed E-state index contributed by atoms with van der Waals surface area (Å²) in [6.45, 7) is 1.89. The van der Waals surface area contributed by atoms with Crippen LogP contribution in [0.4, 0.5) is 0 Å². The Morgan fingerprint density at radius 1 is 1.54 bits per heavy atom. The van der Waals surface area contributed by atoms with Gasteiger partial charge < -0.3 is 20.8 Å². The molecule has 0 bridgehead atoms. The van der Waals surface area contributed by atoms with E-state index in [4.69, 9.17) is 15.9 Å². The molecule has 0 aromatic heterocycles. The van der Waals surface area contributed by atoms with Crippen LogP contribution in [0.2, 0.25) is 0 Å². The molecule has 2 fully saturated rings. The second kappa shape index (κ2) is 2.65. The van der Waals surface area contributed by atoms with Gasteiger partial charge in [-0.1, -0.05) is 0 Å². The number of hydrogen-bond donors (Lipinski definition) is 5. The first kappa shape index (κ1) is 9.36. The third-order valence-electron chi connectivity index (χ3n) is 3.45. The lowest BCUT2D eigenvalue weighted by atomic mass is 10.0. The molecule has 1 aliphatic heterocycles. The average molecular weight is 187 g/mol. The predicted molar refractivity (Wildman–Crippen MR) is 47.6 cm³/mol. The molecule has 5 heteroatoms. The molecule has 1 saturated heterocycles. The van der Waals surface area contributed by atoms with Gasteiger partial charge in [-0.15, -0.1) is 0 Å². The number of piperidine rings is 1. The Morgan fingerprint density at radius 2 is 2.08 bits per heavy atom. The van der Waals surface area contributed by atoms with Gasteiger partial charge in [0.15, 0.2) is 0 Å². The summed E-state index contributed by atoms with van der Waals surface area (Å²) in [5.41, 5.74) is 5.04. The molecule has 1 aliphatic carbocycles. The minimum atomic E-state index is -2.05. The molecule has 13 heavy (non-hydrogen) atoms. The van der Waals surface area contributed by atoms with Crippen molar-refractivity contribution < 1.29 is 10.2 Å².